The van der Waals surface area contributed by atoms with Crippen molar-refractivity contribution in [2.75, 3.05) is 6.54 Å². The van der Waals surface area contributed by atoms with Gasteiger partial charge < -0.3 is 5.32 Å². The van der Waals surface area contributed by atoms with Crippen LogP contribution < -0.4 is 5.32 Å². The fourth-order valence-corrected chi connectivity index (χ4v) is 2.78. The molecule has 0 aromatic heterocycles. The molecule has 0 bridgehead atoms. The van der Waals surface area contributed by atoms with Gasteiger partial charge in [0.05, 0.1) is 6.04 Å². The summed E-state index contributed by atoms with van der Waals surface area (Å²) >= 11 is 3.49. The topological polar surface area (TPSA) is 12.0 Å². The Hall–Kier alpha value is -1.26. The maximum Gasteiger partial charge on any atom is 0.164 e. The van der Waals surface area contributed by atoms with E-state index in [1.54, 1.807) is 19.1 Å². The standard InChI is InChI=1S/C17H18BrF2N/c1-3-10-21-17(12-6-4-5-7-14(12)18)13-9-8-11(2)15(19)16(13)20/h4-9,17,21H,3,10H2,1-2H3. The Labute approximate surface area is 132 Å². The van der Waals surface area contributed by atoms with Gasteiger partial charge in [0.15, 0.2) is 11.6 Å². The summed E-state index contributed by atoms with van der Waals surface area (Å²) < 4.78 is 29.1. The number of hydrogen-bond donors (Lipinski definition) is 1. The normalized spacial score (nSPS) is 12.4. The van der Waals surface area contributed by atoms with Crippen LogP contribution in [0, 0.1) is 18.6 Å². The van der Waals surface area contributed by atoms with Gasteiger partial charge in [0.2, 0.25) is 0 Å². The Morgan fingerprint density at radius 3 is 2.43 bits per heavy atom. The molecule has 0 fully saturated rings. The number of hydrogen-bond acceptors (Lipinski definition) is 1. The highest BCUT2D eigenvalue weighted by molar-refractivity contribution is 9.10. The molecular formula is C17H18BrF2N. The first-order valence-electron chi connectivity index (χ1n) is 6.98. The highest BCUT2D eigenvalue weighted by Crippen LogP contribution is 2.31. The molecular weight excluding hydrogens is 336 g/mol. The smallest absolute Gasteiger partial charge is 0.164 e. The zero-order valence-electron chi connectivity index (χ0n) is 12.1. The first kappa shape index (κ1) is 16.1. The van der Waals surface area contributed by atoms with Gasteiger partial charge in [-0.15, -0.1) is 0 Å². The van der Waals surface area contributed by atoms with Crippen LogP contribution in [0.5, 0.6) is 0 Å². The van der Waals surface area contributed by atoms with Crippen LogP contribution in [0.15, 0.2) is 40.9 Å². The largest absolute Gasteiger partial charge is 0.306 e. The number of aryl methyl sites for hydroxylation is 1. The van der Waals surface area contributed by atoms with Crippen LogP contribution >= 0.6 is 15.9 Å². The third-order valence-corrected chi connectivity index (χ3v) is 4.15. The molecule has 0 aliphatic rings. The monoisotopic (exact) mass is 353 g/mol. The molecule has 2 rings (SSSR count). The van der Waals surface area contributed by atoms with E-state index in [4.69, 9.17) is 0 Å². The minimum Gasteiger partial charge on any atom is -0.306 e. The van der Waals surface area contributed by atoms with Gasteiger partial charge in [0.25, 0.3) is 0 Å². The Bertz CT molecular complexity index is 628. The Morgan fingerprint density at radius 1 is 1.05 bits per heavy atom. The van der Waals surface area contributed by atoms with Crippen LogP contribution in [0.25, 0.3) is 0 Å². The van der Waals surface area contributed by atoms with Crippen LogP contribution in [0.4, 0.5) is 8.78 Å². The van der Waals surface area contributed by atoms with E-state index in [0.717, 1.165) is 23.0 Å². The van der Waals surface area contributed by atoms with E-state index in [1.165, 1.54) is 0 Å². The summed E-state index contributed by atoms with van der Waals surface area (Å²) in [5, 5.41) is 3.29. The number of nitrogens with one attached hydrogen (secondary N) is 1. The second-order valence-corrected chi connectivity index (χ2v) is 5.86. The summed E-state index contributed by atoms with van der Waals surface area (Å²) in [5.74, 6) is -1.55. The quantitative estimate of drug-likeness (QED) is 0.785. The Kier molecular flexibility index (Phi) is 5.48. The summed E-state index contributed by atoms with van der Waals surface area (Å²) in [6, 6.07) is 10.5. The molecule has 0 amide bonds. The molecule has 1 atom stereocenters. The molecule has 0 saturated heterocycles. The fraction of sp³-hybridized carbons (Fsp3) is 0.294. The lowest BCUT2D eigenvalue weighted by Gasteiger charge is -2.22. The van der Waals surface area contributed by atoms with E-state index < -0.39 is 11.6 Å². The summed E-state index contributed by atoms with van der Waals surface area (Å²) in [5.41, 5.74) is 1.55. The molecule has 1 N–H and O–H groups in total. The molecule has 0 radical (unpaired) electrons. The van der Waals surface area contributed by atoms with Crippen molar-refractivity contribution in [3.8, 4) is 0 Å². The summed E-state index contributed by atoms with van der Waals surface area (Å²) in [6.07, 6.45) is 0.914. The minimum atomic E-state index is -0.778. The average Bonchev–Trinajstić information content (AvgIpc) is 2.48. The van der Waals surface area contributed by atoms with Gasteiger partial charge in [0.1, 0.15) is 0 Å². The van der Waals surface area contributed by atoms with Crippen molar-refractivity contribution in [1.29, 1.82) is 0 Å². The van der Waals surface area contributed by atoms with Crippen molar-refractivity contribution >= 4 is 15.9 Å². The molecule has 4 heteroatoms. The molecule has 2 aromatic rings. The van der Waals surface area contributed by atoms with Gasteiger partial charge in [-0.25, -0.2) is 8.78 Å². The van der Waals surface area contributed by atoms with E-state index in [2.05, 4.69) is 21.2 Å². The maximum absolute atomic E-state index is 14.3. The highest BCUT2D eigenvalue weighted by atomic mass is 79.9. The Balaban J connectivity index is 2.51. The van der Waals surface area contributed by atoms with E-state index in [0.29, 0.717) is 11.1 Å². The van der Waals surface area contributed by atoms with Crippen LogP contribution in [0.1, 0.15) is 36.1 Å². The SMILES string of the molecule is CCCNC(c1ccccc1Br)c1ccc(C)c(F)c1F. The molecule has 112 valence electrons. The predicted octanol–water partition coefficient (Wildman–Crippen LogP) is 5.12. The highest BCUT2D eigenvalue weighted by Gasteiger charge is 2.22. The van der Waals surface area contributed by atoms with Crippen molar-refractivity contribution in [1.82, 2.24) is 5.32 Å². The van der Waals surface area contributed by atoms with E-state index >= 15 is 0 Å². The second-order valence-electron chi connectivity index (χ2n) is 5.01. The lowest BCUT2D eigenvalue weighted by atomic mass is 9.96. The maximum atomic E-state index is 14.3. The van der Waals surface area contributed by atoms with E-state index in [-0.39, 0.29) is 6.04 Å². The van der Waals surface area contributed by atoms with E-state index in [9.17, 15) is 8.78 Å². The van der Waals surface area contributed by atoms with Crippen LogP contribution in [-0.4, -0.2) is 6.54 Å². The van der Waals surface area contributed by atoms with Crippen LogP contribution in [0.2, 0.25) is 0 Å². The predicted molar refractivity (Wildman–Crippen MR) is 85.4 cm³/mol. The third kappa shape index (κ3) is 3.50. The molecule has 0 saturated carbocycles. The second kappa shape index (κ2) is 7.14. The first-order chi connectivity index (χ1) is 10.1. The van der Waals surface area contributed by atoms with Gasteiger partial charge in [-0.05, 0) is 37.1 Å². The molecule has 0 spiro atoms. The van der Waals surface area contributed by atoms with Crippen molar-refractivity contribution < 1.29 is 8.78 Å². The van der Waals surface area contributed by atoms with Gasteiger partial charge in [-0.3, -0.25) is 0 Å². The molecule has 21 heavy (non-hydrogen) atoms. The van der Waals surface area contributed by atoms with E-state index in [1.807, 2.05) is 31.2 Å². The average molecular weight is 354 g/mol. The summed E-state index contributed by atoms with van der Waals surface area (Å²) in [4.78, 5) is 0. The van der Waals surface area contributed by atoms with Gasteiger partial charge in [0, 0.05) is 10.0 Å². The molecule has 0 heterocycles. The van der Waals surface area contributed by atoms with Gasteiger partial charge in [-0.2, -0.15) is 0 Å². The minimum absolute atomic E-state index is 0.317. The number of halogens is 3. The zero-order chi connectivity index (χ0) is 15.4. The van der Waals surface area contributed by atoms with Crippen LogP contribution in [0.3, 0.4) is 0 Å². The lowest BCUT2D eigenvalue weighted by molar-refractivity contribution is 0.476. The number of rotatable bonds is 5. The van der Waals surface area contributed by atoms with Gasteiger partial charge in [-0.1, -0.05) is 53.2 Å². The fourth-order valence-electron chi connectivity index (χ4n) is 2.27. The molecule has 0 aliphatic heterocycles. The lowest BCUT2D eigenvalue weighted by Crippen LogP contribution is -2.25. The zero-order valence-corrected chi connectivity index (χ0v) is 13.7. The van der Waals surface area contributed by atoms with Crippen molar-refractivity contribution in [3.63, 3.8) is 0 Å². The molecule has 1 unspecified atom stereocenters. The first-order valence-corrected chi connectivity index (χ1v) is 7.77. The summed E-state index contributed by atoms with van der Waals surface area (Å²) in [6.45, 7) is 4.33. The molecule has 2 aromatic carbocycles. The molecule has 0 aliphatic carbocycles. The van der Waals surface area contributed by atoms with Gasteiger partial charge >= 0.3 is 0 Å². The Morgan fingerprint density at radius 2 is 1.76 bits per heavy atom. The third-order valence-electron chi connectivity index (χ3n) is 3.43. The van der Waals surface area contributed by atoms with Crippen molar-refractivity contribution in [2.45, 2.75) is 26.3 Å². The molecule has 1 nitrogen and oxygen atoms in total. The van der Waals surface area contributed by atoms with Crippen LogP contribution in [-0.2, 0) is 0 Å². The van der Waals surface area contributed by atoms with Crippen molar-refractivity contribution in [3.05, 3.63) is 69.2 Å². The van der Waals surface area contributed by atoms with Crippen molar-refractivity contribution in [2.24, 2.45) is 0 Å². The summed E-state index contributed by atoms with van der Waals surface area (Å²) in [7, 11) is 0. The number of benzene rings is 2.